The van der Waals surface area contributed by atoms with E-state index in [1.54, 1.807) is 0 Å². The SMILES string of the molecule is Cc1nc(-c2ccccc2)sc1NC(=O)N1CCC(CO)CC1. The summed E-state index contributed by atoms with van der Waals surface area (Å²) in [7, 11) is 0. The Balaban J connectivity index is 1.66. The van der Waals surface area contributed by atoms with Gasteiger partial charge in [0.1, 0.15) is 10.0 Å². The zero-order valence-electron chi connectivity index (χ0n) is 13.2. The number of piperidine rings is 1. The van der Waals surface area contributed by atoms with E-state index in [1.165, 1.54) is 11.3 Å². The molecule has 3 rings (SSSR count). The van der Waals surface area contributed by atoms with Gasteiger partial charge in [-0.3, -0.25) is 5.32 Å². The second-order valence-corrected chi connectivity index (χ2v) is 6.84. The molecule has 5 nitrogen and oxygen atoms in total. The van der Waals surface area contributed by atoms with Gasteiger partial charge >= 0.3 is 6.03 Å². The van der Waals surface area contributed by atoms with Crippen molar-refractivity contribution in [2.75, 3.05) is 25.0 Å². The molecule has 1 aromatic carbocycles. The standard InChI is InChI=1S/C17H21N3O2S/c1-12-15(23-16(18-12)14-5-3-2-4-6-14)19-17(22)20-9-7-13(11-21)8-10-20/h2-6,13,21H,7-11H2,1H3,(H,19,22). The summed E-state index contributed by atoms with van der Waals surface area (Å²) in [6, 6.07) is 9.90. The molecule has 2 amide bonds. The van der Waals surface area contributed by atoms with Crippen molar-refractivity contribution in [1.82, 2.24) is 9.88 Å². The van der Waals surface area contributed by atoms with Gasteiger partial charge in [-0.2, -0.15) is 0 Å². The molecule has 1 saturated heterocycles. The van der Waals surface area contributed by atoms with E-state index in [0.29, 0.717) is 19.0 Å². The molecule has 0 atom stereocenters. The van der Waals surface area contributed by atoms with Gasteiger partial charge in [-0.15, -0.1) is 0 Å². The first kappa shape index (κ1) is 16.0. The minimum Gasteiger partial charge on any atom is -0.396 e. The minimum absolute atomic E-state index is 0.0762. The Bertz CT molecular complexity index is 664. The molecule has 0 bridgehead atoms. The van der Waals surface area contributed by atoms with Crippen LogP contribution in [0.4, 0.5) is 9.80 Å². The number of aryl methyl sites for hydroxylation is 1. The van der Waals surface area contributed by atoms with Crippen molar-refractivity contribution in [2.24, 2.45) is 5.92 Å². The van der Waals surface area contributed by atoms with E-state index in [2.05, 4.69) is 10.3 Å². The van der Waals surface area contributed by atoms with Crippen LogP contribution in [0.15, 0.2) is 30.3 Å². The van der Waals surface area contributed by atoms with E-state index in [1.807, 2.05) is 42.2 Å². The highest BCUT2D eigenvalue weighted by Gasteiger charge is 2.23. The maximum Gasteiger partial charge on any atom is 0.322 e. The van der Waals surface area contributed by atoms with E-state index in [0.717, 1.165) is 34.1 Å². The topological polar surface area (TPSA) is 65.5 Å². The molecule has 0 radical (unpaired) electrons. The van der Waals surface area contributed by atoms with Crippen LogP contribution in [-0.4, -0.2) is 40.7 Å². The summed E-state index contributed by atoms with van der Waals surface area (Å²) in [5.74, 6) is 0.328. The third kappa shape index (κ3) is 3.71. The van der Waals surface area contributed by atoms with Crippen LogP contribution >= 0.6 is 11.3 Å². The van der Waals surface area contributed by atoms with E-state index in [9.17, 15) is 9.90 Å². The molecule has 2 aromatic rings. The number of nitrogens with zero attached hydrogens (tertiary/aromatic N) is 2. The van der Waals surface area contributed by atoms with Crippen LogP contribution < -0.4 is 5.32 Å². The molecule has 1 fully saturated rings. The molecule has 122 valence electrons. The number of carbonyl (C=O) groups excluding carboxylic acids is 1. The van der Waals surface area contributed by atoms with E-state index >= 15 is 0 Å². The molecule has 2 heterocycles. The highest BCUT2D eigenvalue weighted by atomic mass is 32.1. The summed E-state index contributed by atoms with van der Waals surface area (Å²) in [4.78, 5) is 18.8. The summed E-state index contributed by atoms with van der Waals surface area (Å²) in [6.07, 6.45) is 1.72. The van der Waals surface area contributed by atoms with E-state index < -0.39 is 0 Å². The average molecular weight is 331 g/mol. The lowest BCUT2D eigenvalue weighted by molar-refractivity contribution is 0.143. The zero-order valence-corrected chi connectivity index (χ0v) is 14.0. The fraction of sp³-hybridized carbons (Fsp3) is 0.412. The maximum atomic E-state index is 12.4. The number of anilines is 1. The Morgan fingerprint density at radius 2 is 2.04 bits per heavy atom. The smallest absolute Gasteiger partial charge is 0.322 e. The number of nitrogens with one attached hydrogen (secondary N) is 1. The number of urea groups is 1. The predicted molar refractivity (Wildman–Crippen MR) is 92.7 cm³/mol. The summed E-state index contributed by atoms with van der Waals surface area (Å²) >= 11 is 1.50. The highest BCUT2D eigenvalue weighted by molar-refractivity contribution is 7.19. The third-order valence-corrected chi connectivity index (χ3v) is 5.32. The fourth-order valence-corrected chi connectivity index (χ4v) is 3.67. The predicted octanol–water partition coefficient (Wildman–Crippen LogP) is 3.35. The van der Waals surface area contributed by atoms with Crippen LogP contribution in [0.3, 0.4) is 0 Å². The second kappa shape index (κ2) is 7.10. The van der Waals surface area contributed by atoms with Gasteiger partial charge in [0, 0.05) is 25.3 Å². The van der Waals surface area contributed by atoms with Crippen LogP contribution in [0.5, 0.6) is 0 Å². The van der Waals surface area contributed by atoms with Crippen molar-refractivity contribution in [1.29, 1.82) is 0 Å². The molecule has 1 aliphatic rings. The number of aromatic nitrogens is 1. The molecule has 0 spiro atoms. The first-order chi connectivity index (χ1) is 11.2. The van der Waals surface area contributed by atoms with Gasteiger partial charge in [0.2, 0.25) is 0 Å². The Labute approximate surface area is 140 Å². The van der Waals surface area contributed by atoms with Crippen LogP contribution in [0.25, 0.3) is 10.6 Å². The summed E-state index contributed by atoms with van der Waals surface area (Å²) < 4.78 is 0. The van der Waals surface area contributed by atoms with Crippen molar-refractivity contribution in [3.63, 3.8) is 0 Å². The number of benzene rings is 1. The quantitative estimate of drug-likeness (QED) is 0.906. The van der Waals surface area contributed by atoms with E-state index in [-0.39, 0.29) is 12.6 Å². The molecule has 0 unspecified atom stereocenters. The van der Waals surface area contributed by atoms with Crippen molar-refractivity contribution < 1.29 is 9.90 Å². The van der Waals surface area contributed by atoms with Gasteiger partial charge in [0.05, 0.1) is 5.69 Å². The molecular formula is C17H21N3O2S. The Morgan fingerprint density at radius 1 is 1.35 bits per heavy atom. The number of hydrogen-bond acceptors (Lipinski definition) is 4. The highest BCUT2D eigenvalue weighted by Crippen LogP contribution is 2.32. The number of amides is 2. The molecule has 6 heteroatoms. The Kier molecular flexibility index (Phi) is 4.93. The number of aliphatic hydroxyl groups is 1. The number of rotatable bonds is 3. The number of aliphatic hydroxyl groups excluding tert-OH is 1. The average Bonchev–Trinajstić information content (AvgIpc) is 2.96. The fourth-order valence-electron chi connectivity index (χ4n) is 2.71. The third-order valence-electron chi connectivity index (χ3n) is 4.20. The minimum atomic E-state index is -0.0762. The number of carbonyl (C=O) groups is 1. The van der Waals surface area contributed by atoms with Gasteiger partial charge in [-0.05, 0) is 25.7 Å². The van der Waals surface area contributed by atoms with Crippen molar-refractivity contribution in [3.05, 3.63) is 36.0 Å². The lowest BCUT2D eigenvalue weighted by atomic mass is 9.98. The molecule has 1 aromatic heterocycles. The van der Waals surface area contributed by atoms with E-state index in [4.69, 9.17) is 0 Å². The maximum absolute atomic E-state index is 12.4. The van der Waals surface area contributed by atoms with Gasteiger partial charge in [0.15, 0.2) is 0 Å². The number of likely N-dealkylation sites (tertiary alicyclic amines) is 1. The van der Waals surface area contributed by atoms with Crippen molar-refractivity contribution >= 4 is 22.4 Å². The monoisotopic (exact) mass is 331 g/mol. The zero-order chi connectivity index (χ0) is 16.2. The van der Waals surface area contributed by atoms with Gasteiger partial charge in [-0.1, -0.05) is 41.7 Å². The normalized spacial score (nSPS) is 15.7. The van der Waals surface area contributed by atoms with Crippen LogP contribution in [0.2, 0.25) is 0 Å². The van der Waals surface area contributed by atoms with Crippen molar-refractivity contribution in [3.8, 4) is 10.6 Å². The Hall–Kier alpha value is -1.92. The molecule has 1 aliphatic heterocycles. The summed E-state index contributed by atoms with van der Waals surface area (Å²) in [5, 5.41) is 13.9. The second-order valence-electron chi connectivity index (χ2n) is 5.84. The lowest BCUT2D eigenvalue weighted by Crippen LogP contribution is -2.41. The summed E-state index contributed by atoms with van der Waals surface area (Å²) in [5.41, 5.74) is 1.90. The molecule has 0 saturated carbocycles. The molecule has 0 aliphatic carbocycles. The molecule has 23 heavy (non-hydrogen) atoms. The van der Waals surface area contributed by atoms with Gasteiger partial charge in [-0.25, -0.2) is 9.78 Å². The van der Waals surface area contributed by atoms with Crippen molar-refractivity contribution in [2.45, 2.75) is 19.8 Å². The number of hydrogen-bond donors (Lipinski definition) is 2. The van der Waals surface area contributed by atoms with Gasteiger partial charge in [0.25, 0.3) is 0 Å². The first-order valence-electron chi connectivity index (χ1n) is 7.87. The Morgan fingerprint density at radius 3 is 2.70 bits per heavy atom. The van der Waals surface area contributed by atoms with Gasteiger partial charge < -0.3 is 10.0 Å². The first-order valence-corrected chi connectivity index (χ1v) is 8.68. The van der Waals surface area contributed by atoms with Crippen LogP contribution in [-0.2, 0) is 0 Å². The number of thiazole rings is 1. The molecular weight excluding hydrogens is 310 g/mol. The largest absolute Gasteiger partial charge is 0.396 e. The van der Waals surface area contributed by atoms with Crippen LogP contribution in [0.1, 0.15) is 18.5 Å². The lowest BCUT2D eigenvalue weighted by Gasteiger charge is -2.30. The summed E-state index contributed by atoms with van der Waals surface area (Å²) in [6.45, 7) is 3.52. The van der Waals surface area contributed by atoms with Crippen LogP contribution in [0, 0.1) is 12.8 Å². The molecule has 2 N–H and O–H groups in total.